The molecule has 1 atom stereocenters. The van der Waals surface area contributed by atoms with Crippen LogP contribution in [0.25, 0.3) is 0 Å². The van der Waals surface area contributed by atoms with Crippen molar-refractivity contribution < 1.29 is 4.39 Å². The predicted octanol–water partition coefficient (Wildman–Crippen LogP) is 3.45. The zero-order chi connectivity index (χ0) is 12.1. The van der Waals surface area contributed by atoms with Crippen LogP contribution in [0.5, 0.6) is 0 Å². The van der Waals surface area contributed by atoms with Gasteiger partial charge in [0.1, 0.15) is 5.82 Å². The molecule has 2 rings (SSSR count). The standard InChI is InChI=1S/C14H21FN2/c1-16-13(10-11-6-3-2-4-7-11)14-12(15)8-5-9-17-14/h5,8-9,11,13,16H,2-4,6-7,10H2,1H3. The molecule has 1 unspecified atom stereocenters. The minimum atomic E-state index is -0.192. The molecular formula is C14H21FN2. The van der Waals surface area contributed by atoms with E-state index in [1.807, 2.05) is 7.05 Å². The normalized spacial score (nSPS) is 19.2. The van der Waals surface area contributed by atoms with Crippen molar-refractivity contribution in [1.82, 2.24) is 10.3 Å². The van der Waals surface area contributed by atoms with Crippen molar-refractivity contribution in [1.29, 1.82) is 0 Å². The number of aromatic nitrogens is 1. The van der Waals surface area contributed by atoms with Crippen LogP contribution in [0.2, 0.25) is 0 Å². The van der Waals surface area contributed by atoms with E-state index in [-0.39, 0.29) is 11.9 Å². The van der Waals surface area contributed by atoms with Crippen molar-refractivity contribution in [3.63, 3.8) is 0 Å². The van der Waals surface area contributed by atoms with Crippen LogP contribution in [-0.4, -0.2) is 12.0 Å². The SMILES string of the molecule is CNC(CC1CCCCC1)c1ncccc1F. The van der Waals surface area contributed by atoms with Crippen LogP contribution in [-0.2, 0) is 0 Å². The molecule has 2 nitrogen and oxygen atoms in total. The molecule has 1 heterocycles. The zero-order valence-corrected chi connectivity index (χ0v) is 10.5. The summed E-state index contributed by atoms with van der Waals surface area (Å²) in [6.07, 6.45) is 9.25. The molecule has 1 aromatic heterocycles. The summed E-state index contributed by atoms with van der Waals surface area (Å²) in [5, 5.41) is 3.20. The highest BCUT2D eigenvalue weighted by Gasteiger charge is 2.21. The number of nitrogens with zero attached hydrogens (tertiary/aromatic N) is 1. The number of pyridine rings is 1. The molecule has 1 fully saturated rings. The van der Waals surface area contributed by atoms with Crippen LogP contribution in [0.3, 0.4) is 0 Å². The summed E-state index contributed by atoms with van der Waals surface area (Å²) in [5.41, 5.74) is 0.570. The highest BCUT2D eigenvalue weighted by atomic mass is 19.1. The van der Waals surface area contributed by atoms with E-state index in [0.717, 1.165) is 12.3 Å². The van der Waals surface area contributed by atoms with Gasteiger partial charge in [-0.05, 0) is 31.5 Å². The second-order valence-corrected chi connectivity index (χ2v) is 4.95. The molecular weight excluding hydrogens is 215 g/mol. The van der Waals surface area contributed by atoms with Gasteiger partial charge in [0, 0.05) is 6.20 Å². The van der Waals surface area contributed by atoms with E-state index >= 15 is 0 Å². The second kappa shape index (κ2) is 6.10. The molecule has 94 valence electrons. The summed E-state index contributed by atoms with van der Waals surface area (Å²) < 4.78 is 13.7. The van der Waals surface area contributed by atoms with Gasteiger partial charge < -0.3 is 5.32 Å². The molecule has 3 heteroatoms. The number of rotatable bonds is 4. The lowest BCUT2D eigenvalue weighted by atomic mass is 9.84. The third-order valence-corrected chi connectivity index (χ3v) is 3.76. The van der Waals surface area contributed by atoms with Crippen LogP contribution in [0.1, 0.15) is 50.3 Å². The van der Waals surface area contributed by atoms with Gasteiger partial charge in [-0.15, -0.1) is 0 Å². The summed E-state index contributed by atoms with van der Waals surface area (Å²) in [6.45, 7) is 0. The fourth-order valence-electron chi connectivity index (χ4n) is 2.78. The maximum Gasteiger partial charge on any atom is 0.146 e. The van der Waals surface area contributed by atoms with Gasteiger partial charge in [0.25, 0.3) is 0 Å². The van der Waals surface area contributed by atoms with Crippen LogP contribution in [0.4, 0.5) is 4.39 Å². The highest BCUT2D eigenvalue weighted by Crippen LogP contribution is 2.31. The van der Waals surface area contributed by atoms with Crippen molar-refractivity contribution in [2.75, 3.05) is 7.05 Å². The van der Waals surface area contributed by atoms with Gasteiger partial charge in [0.15, 0.2) is 0 Å². The molecule has 0 aromatic carbocycles. The summed E-state index contributed by atoms with van der Waals surface area (Å²) in [4.78, 5) is 4.18. The third-order valence-electron chi connectivity index (χ3n) is 3.76. The van der Waals surface area contributed by atoms with Gasteiger partial charge >= 0.3 is 0 Å². The van der Waals surface area contributed by atoms with Crippen LogP contribution in [0, 0.1) is 11.7 Å². The van der Waals surface area contributed by atoms with Gasteiger partial charge in [0.05, 0.1) is 11.7 Å². The smallest absolute Gasteiger partial charge is 0.146 e. The maximum atomic E-state index is 13.7. The lowest BCUT2D eigenvalue weighted by Crippen LogP contribution is -2.23. The Morgan fingerprint density at radius 1 is 1.41 bits per heavy atom. The molecule has 0 amide bonds. The van der Waals surface area contributed by atoms with E-state index in [1.54, 1.807) is 12.3 Å². The molecule has 0 aliphatic heterocycles. The first kappa shape index (κ1) is 12.5. The Kier molecular flexibility index (Phi) is 4.49. The Morgan fingerprint density at radius 3 is 2.82 bits per heavy atom. The first-order chi connectivity index (χ1) is 8.31. The van der Waals surface area contributed by atoms with E-state index < -0.39 is 0 Å². The summed E-state index contributed by atoms with van der Waals surface area (Å²) in [7, 11) is 1.89. The monoisotopic (exact) mass is 236 g/mol. The summed E-state index contributed by atoms with van der Waals surface area (Å²) in [5.74, 6) is 0.533. The minimum absolute atomic E-state index is 0.0549. The van der Waals surface area contributed by atoms with Crippen LogP contribution < -0.4 is 5.32 Å². The molecule has 1 aliphatic carbocycles. The molecule has 0 radical (unpaired) electrons. The van der Waals surface area contributed by atoms with Crippen LogP contribution in [0.15, 0.2) is 18.3 Å². The van der Waals surface area contributed by atoms with Gasteiger partial charge in [-0.25, -0.2) is 4.39 Å². The second-order valence-electron chi connectivity index (χ2n) is 4.95. The number of nitrogens with one attached hydrogen (secondary N) is 1. The van der Waals surface area contributed by atoms with Crippen molar-refractivity contribution in [2.24, 2.45) is 5.92 Å². The Labute approximate surface area is 103 Å². The molecule has 0 bridgehead atoms. The Hall–Kier alpha value is -0.960. The molecule has 1 aromatic rings. The molecule has 1 N–H and O–H groups in total. The lowest BCUT2D eigenvalue weighted by molar-refractivity contribution is 0.300. The quantitative estimate of drug-likeness (QED) is 0.866. The van der Waals surface area contributed by atoms with Crippen molar-refractivity contribution in [2.45, 2.75) is 44.6 Å². The molecule has 17 heavy (non-hydrogen) atoms. The van der Waals surface area contributed by atoms with E-state index in [9.17, 15) is 4.39 Å². The van der Waals surface area contributed by atoms with E-state index in [0.29, 0.717) is 5.69 Å². The third kappa shape index (κ3) is 3.25. The Bertz CT molecular complexity index is 348. The molecule has 1 aliphatic rings. The number of halogens is 1. The lowest BCUT2D eigenvalue weighted by Gasteiger charge is -2.26. The van der Waals surface area contributed by atoms with E-state index in [4.69, 9.17) is 0 Å². The number of hydrogen-bond donors (Lipinski definition) is 1. The highest BCUT2D eigenvalue weighted by molar-refractivity contribution is 5.11. The Morgan fingerprint density at radius 2 is 2.18 bits per heavy atom. The minimum Gasteiger partial charge on any atom is -0.312 e. The fraction of sp³-hybridized carbons (Fsp3) is 0.643. The zero-order valence-electron chi connectivity index (χ0n) is 10.5. The van der Waals surface area contributed by atoms with Gasteiger partial charge in [-0.3, -0.25) is 4.98 Å². The van der Waals surface area contributed by atoms with Gasteiger partial charge in [-0.2, -0.15) is 0 Å². The van der Waals surface area contributed by atoms with Crippen molar-refractivity contribution in [3.8, 4) is 0 Å². The van der Waals surface area contributed by atoms with E-state index in [1.165, 1.54) is 38.2 Å². The maximum absolute atomic E-state index is 13.7. The first-order valence-electron chi connectivity index (χ1n) is 6.59. The van der Waals surface area contributed by atoms with Crippen molar-refractivity contribution in [3.05, 3.63) is 29.8 Å². The Balaban J connectivity index is 2.03. The molecule has 0 saturated heterocycles. The summed E-state index contributed by atoms with van der Waals surface area (Å²) in [6, 6.07) is 3.19. The van der Waals surface area contributed by atoms with E-state index in [2.05, 4.69) is 10.3 Å². The van der Waals surface area contributed by atoms with Crippen molar-refractivity contribution >= 4 is 0 Å². The van der Waals surface area contributed by atoms with Crippen LogP contribution >= 0.6 is 0 Å². The topological polar surface area (TPSA) is 24.9 Å². The molecule has 1 saturated carbocycles. The summed E-state index contributed by atoms with van der Waals surface area (Å²) >= 11 is 0. The molecule has 0 spiro atoms. The van der Waals surface area contributed by atoms with Gasteiger partial charge in [0.2, 0.25) is 0 Å². The predicted molar refractivity (Wildman–Crippen MR) is 67.2 cm³/mol. The fourth-order valence-corrected chi connectivity index (χ4v) is 2.78. The first-order valence-corrected chi connectivity index (χ1v) is 6.59. The number of hydrogen-bond acceptors (Lipinski definition) is 2. The largest absolute Gasteiger partial charge is 0.312 e. The van der Waals surface area contributed by atoms with Gasteiger partial charge in [-0.1, -0.05) is 32.1 Å². The average Bonchev–Trinajstić information content (AvgIpc) is 2.38. The average molecular weight is 236 g/mol.